The van der Waals surface area contributed by atoms with Gasteiger partial charge in [0, 0.05) is 11.8 Å². The fourth-order valence-electron chi connectivity index (χ4n) is 8.08. The van der Waals surface area contributed by atoms with Gasteiger partial charge in [-0.15, -0.1) is 0 Å². The predicted octanol–water partition coefficient (Wildman–Crippen LogP) is 11.0. The fourth-order valence-corrected chi connectivity index (χ4v) is 8.08. The molecule has 8 atom stereocenters. The molecule has 0 aromatic carbocycles. The van der Waals surface area contributed by atoms with Crippen LogP contribution in [-0.4, -0.2) is 22.4 Å². The van der Waals surface area contributed by atoms with Crippen LogP contribution < -0.4 is 0 Å². The van der Waals surface area contributed by atoms with Gasteiger partial charge in [-0.25, -0.2) is 0 Å². The molecule has 2 unspecified atom stereocenters. The van der Waals surface area contributed by atoms with Crippen molar-refractivity contribution in [1.29, 1.82) is 0 Å². The van der Waals surface area contributed by atoms with E-state index in [-0.39, 0.29) is 23.0 Å². The minimum Gasteiger partial charge on any atom is -0.392 e. The Balaban J connectivity index is 1.23. The number of allylic oxidation sites excluding steroid dienone is 6. The van der Waals surface area contributed by atoms with E-state index in [9.17, 15) is 10.2 Å². The molecule has 2 heteroatoms. The van der Waals surface area contributed by atoms with Crippen LogP contribution in [0.15, 0.2) is 47.1 Å². The van der Waals surface area contributed by atoms with Gasteiger partial charge in [-0.1, -0.05) is 115 Å². The summed E-state index contributed by atoms with van der Waals surface area (Å²) < 4.78 is 0. The highest BCUT2D eigenvalue weighted by Crippen LogP contribution is 2.51. The van der Waals surface area contributed by atoms with Crippen molar-refractivity contribution in [3.05, 3.63) is 47.1 Å². The van der Waals surface area contributed by atoms with Gasteiger partial charge in [0.1, 0.15) is 0 Å². The van der Waals surface area contributed by atoms with Crippen molar-refractivity contribution in [3.63, 3.8) is 0 Å². The Morgan fingerprint density at radius 1 is 0.976 bits per heavy atom. The Kier molecular flexibility index (Phi) is 13.3. The first-order valence-corrected chi connectivity index (χ1v) is 17.8. The molecule has 0 heterocycles. The Hall–Kier alpha value is -1.12. The third-order valence-electron chi connectivity index (χ3n) is 11.3. The van der Waals surface area contributed by atoms with Gasteiger partial charge in [0.15, 0.2) is 0 Å². The highest BCUT2D eigenvalue weighted by Gasteiger charge is 2.41. The second kappa shape index (κ2) is 15.7. The molecule has 1 fully saturated rings. The third kappa shape index (κ3) is 11.1. The number of aliphatic hydroxyl groups is 2. The van der Waals surface area contributed by atoms with Crippen molar-refractivity contribution < 1.29 is 10.2 Å². The van der Waals surface area contributed by atoms with Crippen molar-refractivity contribution in [2.45, 2.75) is 158 Å². The van der Waals surface area contributed by atoms with E-state index in [1.165, 1.54) is 76.2 Å². The maximum Gasteiger partial charge on any atom is 0.0729 e. The van der Waals surface area contributed by atoms with Crippen molar-refractivity contribution in [2.24, 2.45) is 46.3 Å². The van der Waals surface area contributed by atoms with Gasteiger partial charge in [0.2, 0.25) is 0 Å². The highest BCUT2D eigenvalue weighted by molar-refractivity contribution is 5.22. The average Bonchev–Trinajstić information content (AvgIpc) is 3.61. The van der Waals surface area contributed by atoms with Gasteiger partial charge in [0.05, 0.1) is 12.2 Å². The molecule has 0 aromatic heterocycles. The van der Waals surface area contributed by atoms with Crippen LogP contribution in [0.3, 0.4) is 0 Å². The summed E-state index contributed by atoms with van der Waals surface area (Å²) in [6.07, 6.45) is 27.7. The zero-order valence-corrected chi connectivity index (χ0v) is 29.1. The third-order valence-corrected chi connectivity index (χ3v) is 11.3. The highest BCUT2D eigenvalue weighted by atomic mass is 16.3. The van der Waals surface area contributed by atoms with E-state index in [0.29, 0.717) is 17.8 Å². The van der Waals surface area contributed by atoms with Gasteiger partial charge in [0.25, 0.3) is 0 Å². The lowest BCUT2D eigenvalue weighted by Gasteiger charge is -2.39. The quantitative estimate of drug-likeness (QED) is 0.141. The Morgan fingerprint density at radius 3 is 2.40 bits per heavy atom. The largest absolute Gasteiger partial charge is 0.392 e. The summed E-state index contributed by atoms with van der Waals surface area (Å²) in [7, 11) is 0. The number of aliphatic hydroxyl groups excluding tert-OH is 2. The first kappa shape index (κ1) is 35.4. The zero-order chi connectivity index (χ0) is 31.1. The van der Waals surface area contributed by atoms with E-state index >= 15 is 0 Å². The first-order valence-electron chi connectivity index (χ1n) is 17.8. The summed E-state index contributed by atoms with van der Waals surface area (Å²) in [6, 6.07) is 0. The van der Waals surface area contributed by atoms with E-state index in [4.69, 9.17) is 0 Å². The monoisotopic (exact) mass is 581 g/mol. The van der Waals surface area contributed by atoms with Gasteiger partial charge in [-0.2, -0.15) is 0 Å². The smallest absolute Gasteiger partial charge is 0.0729 e. The molecular weight excluding hydrogens is 512 g/mol. The van der Waals surface area contributed by atoms with E-state index in [1.54, 1.807) is 11.1 Å². The summed E-state index contributed by atoms with van der Waals surface area (Å²) in [4.78, 5) is 0. The Morgan fingerprint density at radius 2 is 1.69 bits per heavy atom. The molecule has 2 N–H and O–H groups in total. The average molecular weight is 581 g/mol. The minimum absolute atomic E-state index is 0.131. The standard InChI is InChI=1S/C40H68O2/c1-28(16-12-17-30(3)20-21-37-31(4)23-36(41)26-40(37,8)9)14-10-11-15-29(2)18-13-19-33-24-34(33)25-35-22-32(5)38(42)27-39(35,6)7/h15,20-23,28,30,32-34,36-38,41-42H,10-14,16-19,24-27H2,1-9H3/b21-20+,29-15+/t28?,30?,32-,33-,34+,36-,37+,38+/m0/s1. The van der Waals surface area contributed by atoms with E-state index in [2.05, 4.69) is 92.7 Å². The molecule has 0 saturated heterocycles. The second-order valence-electron chi connectivity index (χ2n) is 16.6. The Bertz CT molecular complexity index is 962. The Labute approximate surface area is 261 Å². The molecule has 1 saturated carbocycles. The normalized spacial score (nSPS) is 32.4. The lowest BCUT2D eigenvalue weighted by atomic mass is 9.67. The summed E-state index contributed by atoms with van der Waals surface area (Å²) in [5, 5.41) is 20.4. The van der Waals surface area contributed by atoms with Gasteiger partial charge < -0.3 is 10.2 Å². The van der Waals surface area contributed by atoms with Gasteiger partial charge >= 0.3 is 0 Å². The van der Waals surface area contributed by atoms with Crippen molar-refractivity contribution in [3.8, 4) is 0 Å². The van der Waals surface area contributed by atoms with Crippen LogP contribution in [0.5, 0.6) is 0 Å². The minimum atomic E-state index is -0.284. The maximum atomic E-state index is 10.3. The first-order chi connectivity index (χ1) is 19.7. The molecule has 3 aliphatic carbocycles. The lowest BCUT2D eigenvalue weighted by Crippen LogP contribution is -2.32. The number of hydrogen-bond acceptors (Lipinski definition) is 2. The van der Waals surface area contributed by atoms with Crippen molar-refractivity contribution in [2.75, 3.05) is 0 Å². The molecule has 0 aromatic rings. The number of unbranched alkanes of at least 4 members (excludes halogenated alkanes) is 1. The van der Waals surface area contributed by atoms with E-state index in [1.807, 2.05) is 0 Å². The van der Waals surface area contributed by atoms with Gasteiger partial charge in [-0.05, 0) is 113 Å². The SMILES string of the molecule is CC1=C[C@H](O)CC(C)(C)[C@@H]1/C=C/C(C)CCCC(C)CCC/C=C(\C)CCC[C@H]1C[C@@H]1CC1=C[C@H](C)[C@H](O)CC1(C)C. The molecule has 240 valence electrons. The van der Waals surface area contributed by atoms with E-state index < -0.39 is 0 Å². The van der Waals surface area contributed by atoms with Gasteiger partial charge in [-0.3, -0.25) is 0 Å². The van der Waals surface area contributed by atoms with Crippen molar-refractivity contribution >= 4 is 0 Å². The summed E-state index contributed by atoms with van der Waals surface area (Å²) >= 11 is 0. The van der Waals surface area contributed by atoms with Crippen LogP contribution in [0.1, 0.15) is 146 Å². The molecular formula is C40H68O2. The lowest BCUT2D eigenvalue weighted by molar-refractivity contribution is 0.0811. The molecule has 42 heavy (non-hydrogen) atoms. The summed E-state index contributed by atoms with van der Waals surface area (Å²) in [6.45, 7) is 20.7. The molecule has 0 radical (unpaired) electrons. The number of hydrogen-bond donors (Lipinski definition) is 2. The molecule has 3 aliphatic rings. The second-order valence-corrected chi connectivity index (χ2v) is 16.6. The fraction of sp³-hybridized carbons (Fsp3) is 0.800. The molecule has 0 amide bonds. The van der Waals surface area contributed by atoms with Crippen LogP contribution >= 0.6 is 0 Å². The summed E-state index contributed by atoms with van der Waals surface area (Å²) in [5.74, 6) is 4.03. The van der Waals surface area contributed by atoms with Crippen LogP contribution in [0.2, 0.25) is 0 Å². The molecule has 2 nitrogen and oxygen atoms in total. The number of rotatable bonds is 16. The maximum absolute atomic E-state index is 10.3. The summed E-state index contributed by atoms with van der Waals surface area (Å²) in [5.41, 5.74) is 4.83. The van der Waals surface area contributed by atoms with Crippen LogP contribution in [-0.2, 0) is 0 Å². The van der Waals surface area contributed by atoms with Crippen molar-refractivity contribution in [1.82, 2.24) is 0 Å². The van der Waals surface area contributed by atoms with Crippen LogP contribution in [0, 0.1) is 46.3 Å². The molecule has 0 aliphatic heterocycles. The van der Waals surface area contributed by atoms with Crippen LogP contribution in [0.25, 0.3) is 0 Å². The van der Waals surface area contributed by atoms with Crippen LogP contribution in [0.4, 0.5) is 0 Å². The van der Waals surface area contributed by atoms with E-state index in [0.717, 1.165) is 30.6 Å². The predicted molar refractivity (Wildman–Crippen MR) is 182 cm³/mol. The zero-order valence-electron chi connectivity index (χ0n) is 29.1. The topological polar surface area (TPSA) is 40.5 Å². The molecule has 0 spiro atoms. The molecule has 3 rings (SSSR count). The molecule has 0 bridgehead atoms.